The number of aromatic nitrogens is 1. The first-order valence-electron chi connectivity index (χ1n) is 5.61. The summed E-state index contributed by atoms with van der Waals surface area (Å²) < 4.78 is 5.43. The van der Waals surface area contributed by atoms with Crippen LogP contribution in [0.15, 0.2) is 11.6 Å². The van der Waals surface area contributed by atoms with Crippen LogP contribution in [0.25, 0.3) is 0 Å². The fraction of sp³-hybridized carbons (Fsp3) is 0.636. The summed E-state index contributed by atoms with van der Waals surface area (Å²) in [6, 6.07) is 0. The summed E-state index contributed by atoms with van der Waals surface area (Å²) in [5.41, 5.74) is 0. The van der Waals surface area contributed by atoms with E-state index in [1.807, 2.05) is 5.38 Å². The van der Waals surface area contributed by atoms with Gasteiger partial charge in [-0.1, -0.05) is 0 Å². The van der Waals surface area contributed by atoms with Gasteiger partial charge in [-0.3, -0.25) is 4.79 Å². The first-order chi connectivity index (χ1) is 7.84. The van der Waals surface area contributed by atoms with E-state index in [0.29, 0.717) is 13.0 Å². The molecule has 0 saturated carbocycles. The number of rotatable bonds is 5. The molecule has 0 aliphatic carbocycles. The summed E-state index contributed by atoms with van der Waals surface area (Å²) in [6.07, 6.45) is 5.41. The molecule has 2 heterocycles. The van der Waals surface area contributed by atoms with Crippen LogP contribution in [0.5, 0.6) is 0 Å². The van der Waals surface area contributed by atoms with E-state index in [-0.39, 0.29) is 12.0 Å². The number of nitrogens with zero attached hydrogens (tertiary/aromatic N) is 1. The SMILES string of the molecule is O=C(CCc1nccs1)NCC1CCCO1. The Morgan fingerprint density at radius 1 is 1.69 bits per heavy atom. The lowest BCUT2D eigenvalue weighted by Gasteiger charge is -2.10. The molecule has 2 rings (SSSR count). The second-order valence-corrected chi connectivity index (χ2v) is 4.84. The quantitative estimate of drug-likeness (QED) is 0.845. The number of hydrogen-bond acceptors (Lipinski definition) is 4. The second kappa shape index (κ2) is 5.96. The molecule has 1 unspecified atom stereocenters. The maximum atomic E-state index is 11.5. The van der Waals surface area contributed by atoms with Crippen LogP contribution in [0.3, 0.4) is 0 Å². The van der Waals surface area contributed by atoms with Gasteiger partial charge in [0.25, 0.3) is 0 Å². The largest absolute Gasteiger partial charge is 0.376 e. The van der Waals surface area contributed by atoms with E-state index in [4.69, 9.17) is 4.74 Å². The van der Waals surface area contributed by atoms with Crippen LogP contribution in [0, 0.1) is 0 Å². The zero-order chi connectivity index (χ0) is 11.2. The van der Waals surface area contributed by atoms with Gasteiger partial charge in [0.1, 0.15) is 0 Å². The van der Waals surface area contributed by atoms with E-state index >= 15 is 0 Å². The van der Waals surface area contributed by atoms with Gasteiger partial charge in [0, 0.05) is 37.6 Å². The van der Waals surface area contributed by atoms with Crippen LogP contribution < -0.4 is 5.32 Å². The molecule has 1 aromatic rings. The van der Waals surface area contributed by atoms with Crippen LogP contribution in [0.2, 0.25) is 0 Å². The predicted octanol–water partition coefficient (Wildman–Crippen LogP) is 1.37. The van der Waals surface area contributed by atoms with E-state index < -0.39 is 0 Å². The van der Waals surface area contributed by atoms with Crippen LogP contribution >= 0.6 is 11.3 Å². The van der Waals surface area contributed by atoms with Crippen molar-refractivity contribution in [3.63, 3.8) is 0 Å². The zero-order valence-corrected chi connectivity index (χ0v) is 9.96. The summed E-state index contributed by atoms with van der Waals surface area (Å²) >= 11 is 1.59. The summed E-state index contributed by atoms with van der Waals surface area (Å²) in [5.74, 6) is 0.0886. The third-order valence-corrected chi connectivity index (χ3v) is 3.44. The Kier molecular flexibility index (Phi) is 4.30. The molecule has 1 atom stereocenters. The molecule has 0 radical (unpaired) electrons. The fourth-order valence-corrected chi connectivity index (χ4v) is 2.34. The minimum atomic E-state index is 0.0886. The highest BCUT2D eigenvalue weighted by molar-refractivity contribution is 7.09. The number of carbonyl (C=O) groups is 1. The number of hydrogen-bond donors (Lipinski definition) is 1. The smallest absolute Gasteiger partial charge is 0.220 e. The van der Waals surface area contributed by atoms with Crippen molar-refractivity contribution in [2.45, 2.75) is 31.8 Å². The lowest BCUT2D eigenvalue weighted by molar-refractivity contribution is -0.121. The van der Waals surface area contributed by atoms with E-state index in [2.05, 4.69) is 10.3 Å². The van der Waals surface area contributed by atoms with Gasteiger partial charge >= 0.3 is 0 Å². The molecule has 16 heavy (non-hydrogen) atoms. The lowest BCUT2D eigenvalue weighted by Crippen LogP contribution is -2.31. The van der Waals surface area contributed by atoms with Crippen molar-refractivity contribution in [1.29, 1.82) is 0 Å². The number of thiazole rings is 1. The molecule has 1 fully saturated rings. The Hall–Kier alpha value is -0.940. The average Bonchev–Trinajstić information content (AvgIpc) is 2.96. The van der Waals surface area contributed by atoms with Crippen molar-refractivity contribution < 1.29 is 9.53 Å². The molecule has 5 heteroatoms. The Morgan fingerprint density at radius 3 is 3.31 bits per heavy atom. The van der Waals surface area contributed by atoms with E-state index in [1.165, 1.54) is 0 Å². The monoisotopic (exact) mass is 240 g/mol. The van der Waals surface area contributed by atoms with Crippen LogP contribution in [0.4, 0.5) is 0 Å². The van der Waals surface area contributed by atoms with Crippen LogP contribution in [-0.4, -0.2) is 30.1 Å². The molecular formula is C11H16N2O2S. The molecule has 0 aromatic carbocycles. The fourth-order valence-electron chi connectivity index (χ4n) is 1.72. The van der Waals surface area contributed by atoms with Gasteiger partial charge in [0.15, 0.2) is 0 Å². The Balaban J connectivity index is 1.60. The highest BCUT2D eigenvalue weighted by Crippen LogP contribution is 2.11. The molecule has 1 N–H and O–H groups in total. The number of ether oxygens (including phenoxy) is 1. The van der Waals surface area contributed by atoms with Gasteiger partial charge in [0.05, 0.1) is 11.1 Å². The number of amides is 1. The van der Waals surface area contributed by atoms with Crippen molar-refractivity contribution in [2.24, 2.45) is 0 Å². The first-order valence-corrected chi connectivity index (χ1v) is 6.49. The molecule has 1 aromatic heterocycles. The van der Waals surface area contributed by atoms with E-state index in [1.54, 1.807) is 17.5 Å². The van der Waals surface area contributed by atoms with Gasteiger partial charge in [0.2, 0.25) is 5.91 Å². The molecular weight excluding hydrogens is 224 g/mol. The van der Waals surface area contributed by atoms with Crippen molar-refractivity contribution in [1.82, 2.24) is 10.3 Å². The van der Waals surface area contributed by atoms with Gasteiger partial charge in [-0.05, 0) is 12.8 Å². The maximum absolute atomic E-state index is 11.5. The van der Waals surface area contributed by atoms with Crippen molar-refractivity contribution in [3.05, 3.63) is 16.6 Å². The van der Waals surface area contributed by atoms with Gasteiger partial charge < -0.3 is 10.1 Å². The molecule has 0 spiro atoms. The molecule has 1 aliphatic heterocycles. The van der Waals surface area contributed by atoms with Gasteiger partial charge in [-0.25, -0.2) is 4.98 Å². The standard InChI is InChI=1S/C11H16N2O2S/c14-10(3-4-11-12-5-7-16-11)13-8-9-2-1-6-15-9/h5,7,9H,1-4,6,8H2,(H,13,14). The third kappa shape index (κ3) is 3.57. The first kappa shape index (κ1) is 11.5. The van der Waals surface area contributed by atoms with Gasteiger partial charge in [-0.2, -0.15) is 0 Å². The predicted molar refractivity (Wildman–Crippen MR) is 62.4 cm³/mol. The van der Waals surface area contributed by atoms with E-state index in [0.717, 1.165) is 30.9 Å². The minimum Gasteiger partial charge on any atom is -0.376 e. The zero-order valence-electron chi connectivity index (χ0n) is 9.15. The second-order valence-electron chi connectivity index (χ2n) is 3.86. The number of aryl methyl sites for hydroxylation is 1. The maximum Gasteiger partial charge on any atom is 0.220 e. The van der Waals surface area contributed by atoms with Crippen LogP contribution in [0.1, 0.15) is 24.3 Å². The molecule has 1 aliphatic rings. The normalized spacial score (nSPS) is 19.9. The Morgan fingerprint density at radius 2 is 2.62 bits per heavy atom. The molecule has 88 valence electrons. The third-order valence-electron chi connectivity index (χ3n) is 2.60. The van der Waals surface area contributed by atoms with Crippen molar-refractivity contribution in [3.8, 4) is 0 Å². The molecule has 4 nitrogen and oxygen atoms in total. The van der Waals surface area contributed by atoms with Gasteiger partial charge in [-0.15, -0.1) is 11.3 Å². The minimum absolute atomic E-state index is 0.0886. The topological polar surface area (TPSA) is 51.2 Å². The number of carbonyl (C=O) groups excluding carboxylic acids is 1. The molecule has 1 amide bonds. The van der Waals surface area contributed by atoms with E-state index in [9.17, 15) is 4.79 Å². The molecule has 0 bridgehead atoms. The number of nitrogens with one attached hydrogen (secondary N) is 1. The highest BCUT2D eigenvalue weighted by Gasteiger charge is 2.15. The van der Waals surface area contributed by atoms with Crippen molar-refractivity contribution in [2.75, 3.05) is 13.2 Å². The Bertz CT molecular complexity index is 321. The summed E-state index contributed by atoms with van der Waals surface area (Å²) in [6.45, 7) is 1.48. The summed E-state index contributed by atoms with van der Waals surface area (Å²) in [7, 11) is 0. The molecule has 1 saturated heterocycles. The summed E-state index contributed by atoms with van der Waals surface area (Å²) in [5, 5.41) is 5.85. The average molecular weight is 240 g/mol. The summed E-state index contributed by atoms with van der Waals surface area (Å²) in [4.78, 5) is 15.6. The van der Waals surface area contributed by atoms with Crippen LogP contribution in [-0.2, 0) is 16.0 Å². The lowest BCUT2D eigenvalue weighted by atomic mass is 10.2. The Labute approximate surface area is 99.0 Å². The van der Waals surface area contributed by atoms with Crippen molar-refractivity contribution >= 4 is 17.2 Å². The highest BCUT2D eigenvalue weighted by atomic mass is 32.1.